The van der Waals surface area contributed by atoms with Gasteiger partial charge in [0, 0.05) is 13.0 Å². The molecule has 1 aliphatic rings. The average molecular weight is 431 g/mol. The summed E-state index contributed by atoms with van der Waals surface area (Å²) >= 11 is 0. The van der Waals surface area contributed by atoms with Crippen LogP contribution >= 0.6 is 7.60 Å². The fourth-order valence-corrected chi connectivity index (χ4v) is 5.13. The van der Waals surface area contributed by atoms with Crippen LogP contribution in [0.5, 0.6) is 0 Å². The Bertz CT molecular complexity index is 919. The van der Waals surface area contributed by atoms with E-state index in [9.17, 15) is 23.9 Å². The lowest BCUT2D eigenvalue weighted by Crippen LogP contribution is -2.52. The highest BCUT2D eigenvalue weighted by atomic mass is 31.2. The van der Waals surface area contributed by atoms with Crippen molar-refractivity contribution in [2.75, 3.05) is 6.54 Å². The van der Waals surface area contributed by atoms with Crippen LogP contribution in [0.3, 0.4) is 0 Å². The van der Waals surface area contributed by atoms with Crippen molar-refractivity contribution in [3.8, 4) is 0 Å². The van der Waals surface area contributed by atoms with Gasteiger partial charge in [0.2, 0.25) is 11.8 Å². The molecule has 0 spiro atoms. The van der Waals surface area contributed by atoms with E-state index in [4.69, 9.17) is 5.73 Å². The van der Waals surface area contributed by atoms with Gasteiger partial charge in [-0.05, 0) is 24.0 Å². The second-order valence-electron chi connectivity index (χ2n) is 7.42. The molecule has 0 saturated carbocycles. The maximum atomic E-state index is 13.0. The Kier molecular flexibility index (Phi) is 7.05. The van der Waals surface area contributed by atoms with Crippen LogP contribution in [0, 0.1) is 0 Å². The van der Waals surface area contributed by atoms with Crippen LogP contribution in [-0.4, -0.2) is 45.1 Å². The van der Waals surface area contributed by atoms with E-state index >= 15 is 0 Å². The van der Waals surface area contributed by atoms with Crippen molar-refractivity contribution in [3.63, 3.8) is 0 Å². The monoisotopic (exact) mass is 431 g/mol. The Hall–Kier alpha value is -2.51. The molecule has 9 heteroatoms. The van der Waals surface area contributed by atoms with E-state index in [2.05, 4.69) is 5.32 Å². The maximum absolute atomic E-state index is 13.0. The van der Waals surface area contributed by atoms with Crippen LogP contribution in [0.1, 0.15) is 29.8 Å². The fraction of sp³-hybridized carbons (Fsp3) is 0.333. The minimum Gasteiger partial charge on any atom is -0.368 e. The molecular formula is C21H26N3O5P. The summed E-state index contributed by atoms with van der Waals surface area (Å²) in [5.74, 6) is -2.34. The van der Waals surface area contributed by atoms with Gasteiger partial charge in [0.05, 0.1) is 6.04 Å². The Morgan fingerprint density at radius 2 is 1.70 bits per heavy atom. The molecule has 1 aliphatic heterocycles. The topological polar surface area (TPSA) is 133 Å². The van der Waals surface area contributed by atoms with E-state index in [1.54, 1.807) is 30.3 Å². The van der Waals surface area contributed by atoms with Crippen LogP contribution in [0.15, 0.2) is 60.7 Å². The first-order chi connectivity index (χ1) is 14.3. The molecule has 0 aromatic heterocycles. The number of carbonyl (C=O) groups is 2. The van der Waals surface area contributed by atoms with E-state index in [0.717, 1.165) is 5.56 Å². The minimum absolute atomic E-state index is 0.245. The summed E-state index contributed by atoms with van der Waals surface area (Å²) in [6.45, 7) is 0.364. The van der Waals surface area contributed by atoms with Gasteiger partial charge in [-0.3, -0.25) is 19.1 Å². The average Bonchev–Trinajstić information content (AvgIpc) is 3.17. The lowest BCUT2D eigenvalue weighted by molar-refractivity contribution is -0.130. The second kappa shape index (κ2) is 9.53. The van der Waals surface area contributed by atoms with Crippen LogP contribution in [-0.2, 0) is 20.6 Å². The standard InChI is InChI=1S/C21H26N3O5P/c22-19(25)17(14-15-8-3-1-4-9-15)23-20(26)18-12-7-13-24(18)21(30(27,28)29)16-10-5-2-6-11-16/h1-6,8-11,17-18,21H,7,12-14H2,(H2,22,25)(H,23,26)(H2,27,28,29)/t17-,18-,21?/m0/s1. The quantitative estimate of drug-likeness (QED) is 0.469. The molecule has 1 saturated heterocycles. The molecule has 3 rings (SSSR count). The third-order valence-corrected chi connectivity index (χ3v) is 6.50. The SMILES string of the molecule is NC(=O)[C@H](Cc1ccccc1)NC(=O)[C@@H]1CCCN1C(c1ccccc1)P(=O)(O)O. The van der Waals surface area contributed by atoms with Crippen molar-refractivity contribution in [2.24, 2.45) is 5.73 Å². The number of benzene rings is 2. The molecule has 2 amide bonds. The number of nitrogens with one attached hydrogen (secondary N) is 1. The number of rotatable bonds is 8. The smallest absolute Gasteiger partial charge is 0.347 e. The zero-order valence-electron chi connectivity index (χ0n) is 16.4. The predicted octanol–water partition coefficient (Wildman–Crippen LogP) is 1.54. The van der Waals surface area contributed by atoms with Crippen LogP contribution in [0.25, 0.3) is 0 Å². The Balaban J connectivity index is 1.80. The van der Waals surface area contributed by atoms with E-state index in [-0.39, 0.29) is 6.42 Å². The number of nitrogens with two attached hydrogens (primary N) is 1. The Labute approximate surface area is 175 Å². The summed E-state index contributed by atoms with van der Waals surface area (Å²) in [5.41, 5.74) is 6.79. The molecule has 1 heterocycles. The first-order valence-electron chi connectivity index (χ1n) is 9.77. The number of nitrogens with zero attached hydrogens (tertiary/aromatic N) is 1. The molecule has 30 heavy (non-hydrogen) atoms. The molecule has 0 radical (unpaired) electrons. The number of hydrogen-bond donors (Lipinski definition) is 4. The zero-order chi connectivity index (χ0) is 21.7. The predicted molar refractivity (Wildman–Crippen MR) is 112 cm³/mol. The first-order valence-corrected chi connectivity index (χ1v) is 11.4. The number of likely N-dealkylation sites (tertiary alicyclic amines) is 1. The molecule has 1 fully saturated rings. The highest BCUT2D eigenvalue weighted by Gasteiger charge is 2.44. The molecule has 0 bridgehead atoms. The van der Waals surface area contributed by atoms with Gasteiger partial charge >= 0.3 is 7.60 Å². The van der Waals surface area contributed by atoms with Gasteiger partial charge in [0.1, 0.15) is 11.8 Å². The number of carbonyl (C=O) groups excluding carboxylic acids is 2. The lowest BCUT2D eigenvalue weighted by atomic mass is 10.0. The van der Waals surface area contributed by atoms with Crippen molar-refractivity contribution in [1.82, 2.24) is 10.2 Å². The van der Waals surface area contributed by atoms with Crippen LogP contribution in [0.4, 0.5) is 0 Å². The molecule has 8 nitrogen and oxygen atoms in total. The molecule has 5 N–H and O–H groups in total. The number of hydrogen-bond acceptors (Lipinski definition) is 4. The van der Waals surface area contributed by atoms with Crippen LogP contribution < -0.4 is 11.1 Å². The summed E-state index contributed by atoms with van der Waals surface area (Å²) < 4.78 is 12.3. The Morgan fingerprint density at radius 3 is 2.27 bits per heavy atom. The lowest BCUT2D eigenvalue weighted by Gasteiger charge is -2.33. The fourth-order valence-electron chi connectivity index (χ4n) is 3.91. The Morgan fingerprint density at radius 1 is 1.10 bits per heavy atom. The summed E-state index contributed by atoms with van der Waals surface area (Å²) in [7, 11) is -4.58. The van der Waals surface area contributed by atoms with Gasteiger partial charge in [-0.1, -0.05) is 60.7 Å². The minimum atomic E-state index is -4.58. The molecule has 0 aliphatic carbocycles. The van der Waals surface area contributed by atoms with E-state index in [1.165, 1.54) is 4.90 Å². The largest absolute Gasteiger partial charge is 0.368 e. The van der Waals surface area contributed by atoms with Gasteiger partial charge in [-0.2, -0.15) is 0 Å². The number of amides is 2. The van der Waals surface area contributed by atoms with Crippen molar-refractivity contribution in [1.29, 1.82) is 0 Å². The zero-order valence-corrected chi connectivity index (χ0v) is 17.3. The highest BCUT2D eigenvalue weighted by molar-refractivity contribution is 7.52. The van der Waals surface area contributed by atoms with E-state index < -0.39 is 37.3 Å². The third-order valence-electron chi connectivity index (χ3n) is 5.27. The first kappa shape index (κ1) is 22.2. The van der Waals surface area contributed by atoms with Gasteiger partial charge in [0.25, 0.3) is 0 Å². The van der Waals surface area contributed by atoms with E-state index in [0.29, 0.717) is 24.9 Å². The normalized spacial score (nSPS) is 19.2. The molecule has 2 aromatic rings. The van der Waals surface area contributed by atoms with Crippen LogP contribution in [0.2, 0.25) is 0 Å². The molecular weight excluding hydrogens is 405 g/mol. The third kappa shape index (κ3) is 5.34. The second-order valence-corrected chi connectivity index (χ2v) is 9.09. The van der Waals surface area contributed by atoms with Crippen molar-refractivity contribution in [2.45, 2.75) is 37.1 Å². The maximum Gasteiger partial charge on any atom is 0.347 e. The molecule has 160 valence electrons. The van der Waals surface area contributed by atoms with Crippen molar-refractivity contribution in [3.05, 3.63) is 71.8 Å². The number of primary amides is 1. The molecule has 1 unspecified atom stereocenters. The molecule has 2 aromatic carbocycles. The van der Waals surface area contributed by atoms with Gasteiger partial charge in [-0.25, -0.2) is 0 Å². The van der Waals surface area contributed by atoms with Crippen molar-refractivity contribution >= 4 is 19.4 Å². The summed E-state index contributed by atoms with van der Waals surface area (Å²) in [6, 6.07) is 15.9. The summed E-state index contributed by atoms with van der Waals surface area (Å²) in [5, 5.41) is 2.69. The van der Waals surface area contributed by atoms with Gasteiger partial charge in [-0.15, -0.1) is 0 Å². The molecule has 3 atom stereocenters. The summed E-state index contributed by atoms with van der Waals surface area (Å²) in [6.07, 6.45) is 1.29. The highest BCUT2D eigenvalue weighted by Crippen LogP contribution is 2.55. The van der Waals surface area contributed by atoms with Gasteiger partial charge in [0.15, 0.2) is 0 Å². The van der Waals surface area contributed by atoms with E-state index in [1.807, 2.05) is 30.3 Å². The summed E-state index contributed by atoms with van der Waals surface area (Å²) in [4.78, 5) is 46.5. The van der Waals surface area contributed by atoms with Crippen molar-refractivity contribution < 1.29 is 23.9 Å². The van der Waals surface area contributed by atoms with Gasteiger partial charge < -0.3 is 20.8 Å².